The van der Waals surface area contributed by atoms with Crippen molar-refractivity contribution in [3.8, 4) is 17.2 Å². The van der Waals surface area contributed by atoms with E-state index in [0.29, 0.717) is 30.3 Å². The summed E-state index contributed by atoms with van der Waals surface area (Å²) in [6, 6.07) is 3.62. The molecule has 6 heteroatoms. The summed E-state index contributed by atoms with van der Waals surface area (Å²) < 4.78 is 21.1. The van der Waals surface area contributed by atoms with E-state index in [1.165, 1.54) is 0 Å². The van der Waals surface area contributed by atoms with Gasteiger partial charge in [-0.05, 0) is 31.4 Å². The first-order chi connectivity index (χ1) is 10.1. The molecule has 0 bridgehead atoms. The second-order valence-corrected chi connectivity index (χ2v) is 4.78. The molecule has 0 radical (unpaired) electrons. The molecule has 1 aromatic rings. The molecule has 2 rings (SSSR count). The van der Waals surface area contributed by atoms with Gasteiger partial charge >= 0.3 is 5.97 Å². The topological polar surface area (TPSA) is 80.0 Å². The summed E-state index contributed by atoms with van der Waals surface area (Å²) >= 11 is 0. The molecule has 1 aliphatic heterocycles. The van der Waals surface area contributed by atoms with Gasteiger partial charge in [0, 0.05) is 12.1 Å². The molecule has 1 atom stereocenters. The van der Waals surface area contributed by atoms with Gasteiger partial charge in [-0.1, -0.05) is 6.92 Å². The molecule has 1 aliphatic rings. The van der Waals surface area contributed by atoms with Crippen LogP contribution in [0.25, 0.3) is 0 Å². The van der Waals surface area contributed by atoms with Crippen LogP contribution in [0.1, 0.15) is 25.8 Å². The maximum absolute atomic E-state index is 11.4. The van der Waals surface area contributed by atoms with Gasteiger partial charge < -0.3 is 24.7 Å². The Bertz CT molecular complexity index is 503. The van der Waals surface area contributed by atoms with Crippen molar-refractivity contribution in [3.05, 3.63) is 17.7 Å². The Kier molecular flexibility index (Phi) is 5.27. The maximum Gasteiger partial charge on any atom is 0.344 e. The minimum Gasteiger partial charge on any atom is -0.481 e. The molecule has 2 N–H and O–H groups in total. The first-order valence-corrected chi connectivity index (χ1v) is 7.10. The molecule has 1 aromatic carbocycles. The highest BCUT2D eigenvalue weighted by molar-refractivity contribution is 5.71. The maximum atomic E-state index is 11.4. The Morgan fingerprint density at radius 3 is 2.71 bits per heavy atom. The fraction of sp³-hybridized carbons (Fsp3) is 0.533. The van der Waals surface area contributed by atoms with E-state index in [4.69, 9.17) is 24.7 Å². The van der Waals surface area contributed by atoms with Crippen LogP contribution in [0.4, 0.5) is 0 Å². The first-order valence-electron chi connectivity index (χ1n) is 7.10. The molecule has 1 heterocycles. The van der Waals surface area contributed by atoms with Crippen LogP contribution in [0.5, 0.6) is 17.2 Å². The monoisotopic (exact) mass is 295 g/mol. The summed E-state index contributed by atoms with van der Waals surface area (Å²) in [5.74, 6) is 1.47. The fourth-order valence-corrected chi connectivity index (χ4v) is 2.03. The lowest BCUT2D eigenvalue weighted by Gasteiger charge is -2.15. The molecule has 0 aromatic heterocycles. The second kappa shape index (κ2) is 7.17. The standard InChI is InChI=1S/C15H21NO5/c1-3-11(16)5-10-6-13-14(21-9-20-13)7-12(10)19-8-15(17)18-4-2/h6-7,11H,3-5,8-9,16H2,1-2H3. The molecule has 0 saturated carbocycles. The normalized spacial score (nSPS) is 13.9. The summed E-state index contributed by atoms with van der Waals surface area (Å²) in [6.07, 6.45) is 1.50. The Hall–Kier alpha value is -1.95. The predicted octanol–water partition coefficient (Wildman–Crippen LogP) is 1.64. The van der Waals surface area contributed by atoms with Crippen LogP contribution >= 0.6 is 0 Å². The van der Waals surface area contributed by atoms with E-state index in [-0.39, 0.29) is 19.4 Å². The van der Waals surface area contributed by atoms with E-state index >= 15 is 0 Å². The van der Waals surface area contributed by atoms with Gasteiger partial charge in [-0.3, -0.25) is 0 Å². The lowest BCUT2D eigenvalue weighted by atomic mass is 10.0. The number of nitrogens with two attached hydrogens (primary N) is 1. The Labute approximate surface area is 124 Å². The Morgan fingerprint density at radius 2 is 2.05 bits per heavy atom. The quantitative estimate of drug-likeness (QED) is 0.770. The Morgan fingerprint density at radius 1 is 1.33 bits per heavy atom. The predicted molar refractivity (Wildman–Crippen MR) is 76.7 cm³/mol. The lowest BCUT2D eigenvalue weighted by molar-refractivity contribution is -0.145. The molecule has 0 saturated heterocycles. The third-order valence-electron chi connectivity index (χ3n) is 3.21. The van der Waals surface area contributed by atoms with Crippen molar-refractivity contribution in [1.29, 1.82) is 0 Å². The highest BCUT2D eigenvalue weighted by atomic mass is 16.7. The van der Waals surface area contributed by atoms with Crippen LogP contribution in [0.3, 0.4) is 0 Å². The minimum absolute atomic E-state index is 0.0234. The van der Waals surface area contributed by atoms with Gasteiger partial charge in [0.1, 0.15) is 5.75 Å². The number of benzene rings is 1. The number of hydrogen-bond donors (Lipinski definition) is 1. The number of hydrogen-bond acceptors (Lipinski definition) is 6. The largest absolute Gasteiger partial charge is 0.481 e. The zero-order valence-corrected chi connectivity index (χ0v) is 12.4. The van der Waals surface area contributed by atoms with Crippen molar-refractivity contribution < 1.29 is 23.7 Å². The third-order valence-corrected chi connectivity index (χ3v) is 3.21. The van der Waals surface area contributed by atoms with Crippen molar-refractivity contribution >= 4 is 5.97 Å². The molecule has 21 heavy (non-hydrogen) atoms. The molecule has 6 nitrogen and oxygen atoms in total. The number of fused-ring (bicyclic) bond motifs is 1. The Balaban J connectivity index is 2.14. The van der Waals surface area contributed by atoms with E-state index in [0.717, 1.165) is 12.0 Å². The first kappa shape index (κ1) is 15.4. The van der Waals surface area contributed by atoms with Crippen LogP contribution < -0.4 is 19.9 Å². The molecule has 1 unspecified atom stereocenters. The van der Waals surface area contributed by atoms with Gasteiger partial charge in [-0.2, -0.15) is 0 Å². The average molecular weight is 295 g/mol. The molecule has 0 spiro atoms. The second-order valence-electron chi connectivity index (χ2n) is 4.78. The van der Waals surface area contributed by atoms with Crippen molar-refractivity contribution in [3.63, 3.8) is 0 Å². The number of carbonyl (C=O) groups excluding carboxylic acids is 1. The van der Waals surface area contributed by atoms with Crippen LogP contribution in [0.15, 0.2) is 12.1 Å². The van der Waals surface area contributed by atoms with E-state index < -0.39 is 5.97 Å². The number of rotatable bonds is 7. The molecular formula is C15H21NO5. The van der Waals surface area contributed by atoms with E-state index in [9.17, 15) is 4.79 Å². The highest BCUT2D eigenvalue weighted by Gasteiger charge is 2.19. The highest BCUT2D eigenvalue weighted by Crippen LogP contribution is 2.38. The zero-order valence-electron chi connectivity index (χ0n) is 12.4. The van der Waals surface area contributed by atoms with Gasteiger partial charge in [0.15, 0.2) is 18.1 Å². The molecule has 116 valence electrons. The summed E-state index contributed by atoms with van der Waals surface area (Å²) in [7, 11) is 0. The molecule has 0 aliphatic carbocycles. The van der Waals surface area contributed by atoms with Gasteiger partial charge in [-0.25, -0.2) is 4.79 Å². The van der Waals surface area contributed by atoms with Crippen LogP contribution in [0, 0.1) is 0 Å². The van der Waals surface area contributed by atoms with Crippen LogP contribution in [0.2, 0.25) is 0 Å². The lowest BCUT2D eigenvalue weighted by Crippen LogP contribution is -2.22. The van der Waals surface area contributed by atoms with E-state index in [1.807, 2.05) is 13.0 Å². The van der Waals surface area contributed by atoms with Crippen molar-refractivity contribution in [2.45, 2.75) is 32.7 Å². The van der Waals surface area contributed by atoms with Gasteiger partial charge in [-0.15, -0.1) is 0 Å². The zero-order chi connectivity index (χ0) is 15.2. The summed E-state index contributed by atoms with van der Waals surface area (Å²) in [5, 5.41) is 0. The van der Waals surface area contributed by atoms with Gasteiger partial charge in [0.05, 0.1) is 6.61 Å². The molecule has 0 fully saturated rings. The van der Waals surface area contributed by atoms with Gasteiger partial charge in [0.25, 0.3) is 0 Å². The number of carbonyl (C=O) groups is 1. The summed E-state index contributed by atoms with van der Waals surface area (Å²) in [4.78, 5) is 11.4. The smallest absolute Gasteiger partial charge is 0.344 e. The van der Waals surface area contributed by atoms with Crippen LogP contribution in [-0.2, 0) is 16.0 Å². The van der Waals surface area contributed by atoms with E-state index in [2.05, 4.69) is 0 Å². The van der Waals surface area contributed by atoms with Crippen LogP contribution in [-0.4, -0.2) is 32.0 Å². The minimum atomic E-state index is -0.402. The molecular weight excluding hydrogens is 274 g/mol. The SMILES string of the molecule is CCOC(=O)COc1cc2c(cc1CC(N)CC)OCO2. The van der Waals surface area contributed by atoms with Crippen molar-refractivity contribution in [1.82, 2.24) is 0 Å². The summed E-state index contributed by atoms with van der Waals surface area (Å²) in [5.41, 5.74) is 6.90. The average Bonchev–Trinajstić information content (AvgIpc) is 2.92. The number of ether oxygens (including phenoxy) is 4. The summed E-state index contributed by atoms with van der Waals surface area (Å²) in [6.45, 7) is 4.16. The third kappa shape index (κ3) is 4.01. The molecule has 0 amide bonds. The van der Waals surface area contributed by atoms with Gasteiger partial charge in [0.2, 0.25) is 6.79 Å². The van der Waals surface area contributed by atoms with Crippen molar-refractivity contribution in [2.24, 2.45) is 5.73 Å². The van der Waals surface area contributed by atoms with E-state index in [1.54, 1.807) is 13.0 Å². The fourth-order valence-electron chi connectivity index (χ4n) is 2.03. The number of esters is 1. The van der Waals surface area contributed by atoms with Crippen molar-refractivity contribution in [2.75, 3.05) is 20.0 Å².